The van der Waals surface area contributed by atoms with Crippen molar-refractivity contribution in [2.24, 2.45) is 0 Å². The van der Waals surface area contributed by atoms with Crippen molar-refractivity contribution in [3.63, 3.8) is 0 Å². The predicted octanol–water partition coefficient (Wildman–Crippen LogP) is 4.96. The van der Waals surface area contributed by atoms with Gasteiger partial charge in [0.25, 0.3) is 0 Å². The Bertz CT molecular complexity index is 965. The van der Waals surface area contributed by atoms with E-state index in [1.165, 1.54) is 16.0 Å². The van der Waals surface area contributed by atoms with Gasteiger partial charge in [-0.05, 0) is 54.8 Å². The highest BCUT2D eigenvalue weighted by Gasteiger charge is 2.41. The van der Waals surface area contributed by atoms with E-state index >= 15 is 0 Å². The van der Waals surface area contributed by atoms with Crippen LogP contribution in [0.3, 0.4) is 0 Å². The van der Waals surface area contributed by atoms with Crippen LogP contribution in [-0.2, 0) is 22.4 Å². The molecule has 1 aromatic heterocycles. The van der Waals surface area contributed by atoms with Crippen LogP contribution in [0.1, 0.15) is 17.5 Å². The van der Waals surface area contributed by atoms with Crippen molar-refractivity contribution in [2.45, 2.75) is 43.1 Å². The van der Waals surface area contributed by atoms with Gasteiger partial charge in [-0.2, -0.15) is 0 Å². The summed E-state index contributed by atoms with van der Waals surface area (Å²) in [6.45, 7) is 3.28. The van der Waals surface area contributed by atoms with Crippen LogP contribution in [0.25, 0.3) is 0 Å². The summed E-state index contributed by atoms with van der Waals surface area (Å²) in [5.74, 6) is 0.166. The fourth-order valence-corrected chi connectivity index (χ4v) is 4.76. The van der Waals surface area contributed by atoms with E-state index in [0.29, 0.717) is 13.2 Å². The molecule has 1 aliphatic heterocycles. The van der Waals surface area contributed by atoms with E-state index in [0.717, 1.165) is 29.3 Å². The smallest absolute Gasteiger partial charge is 0.187 e. The maximum absolute atomic E-state index is 6.51. The lowest BCUT2D eigenvalue weighted by Gasteiger charge is -2.28. The summed E-state index contributed by atoms with van der Waals surface area (Å²) in [5.41, 5.74) is 9.06. The highest BCUT2D eigenvalue weighted by Crippen LogP contribution is 2.34. The molecule has 2 heterocycles. The van der Waals surface area contributed by atoms with E-state index in [2.05, 4.69) is 30.1 Å². The Morgan fingerprint density at radius 1 is 1.27 bits per heavy atom. The normalized spacial score (nSPS) is 21.2. The van der Waals surface area contributed by atoms with E-state index in [9.17, 15) is 0 Å². The number of aryl methyl sites for hydroxylation is 2. The second kappa shape index (κ2) is 9.43. The number of nitrogens with two attached hydrogens (primary N) is 1. The number of thioether (sulfide) groups is 1. The van der Waals surface area contributed by atoms with E-state index < -0.39 is 5.79 Å². The monoisotopic (exact) mass is 443 g/mol. The Labute approximate surface area is 186 Å². The second-order valence-corrected chi connectivity index (χ2v) is 9.16. The molecule has 0 amide bonds. The maximum atomic E-state index is 6.51. The van der Waals surface area contributed by atoms with Gasteiger partial charge in [-0.25, -0.2) is 4.98 Å². The van der Waals surface area contributed by atoms with Crippen molar-refractivity contribution in [3.05, 3.63) is 77.3 Å². The van der Waals surface area contributed by atoms with Crippen molar-refractivity contribution in [1.82, 2.24) is 9.55 Å². The lowest BCUT2D eigenvalue weighted by molar-refractivity contribution is -0.180. The van der Waals surface area contributed by atoms with Crippen LogP contribution in [-0.4, -0.2) is 33.8 Å². The minimum atomic E-state index is -0.665. The number of anilines is 1. The number of benzene rings is 2. The molecule has 0 bridgehead atoms. The van der Waals surface area contributed by atoms with Crippen LogP contribution in [0.15, 0.2) is 66.1 Å². The molecule has 7 heteroatoms. The fourth-order valence-electron chi connectivity index (χ4n) is 3.65. The van der Waals surface area contributed by atoms with Gasteiger partial charge in [0.05, 0.1) is 25.6 Å². The third-order valence-corrected chi connectivity index (χ3v) is 6.79. The third-order valence-electron chi connectivity index (χ3n) is 5.23. The third kappa shape index (κ3) is 5.38. The summed E-state index contributed by atoms with van der Waals surface area (Å²) in [5, 5.41) is 0.746. The highest BCUT2D eigenvalue weighted by molar-refractivity contribution is 7.99. The van der Waals surface area contributed by atoms with E-state index in [-0.39, 0.29) is 6.10 Å². The number of ether oxygens (including phenoxy) is 2. The Kier molecular flexibility index (Phi) is 6.68. The highest BCUT2D eigenvalue weighted by atomic mass is 35.5. The summed E-state index contributed by atoms with van der Waals surface area (Å²) in [4.78, 5) is 5.38. The zero-order valence-corrected chi connectivity index (χ0v) is 18.5. The molecular weight excluding hydrogens is 418 g/mol. The fraction of sp³-hybridized carbons (Fsp3) is 0.348. The molecule has 2 N–H and O–H groups in total. The molecule has 0 unspecified atom stereocenters. The molecule has 4 rings (SSSR count). The molecule has 2 aromatic carbocycles. The molecular formula is C23H26ClN3O2S. The average molecular weight is 444 g/mol. The average Bonchev–Trinajstić information content (AvgIpc) is 3.38. The standard InChI is InChI=1S/C23H26ClN3O2S/c1-17-12-20(25)6-7-22(17)30-14-21-13-28-23(29-21,15-27-11-10-26-16-27)9-8-18-2-4-19(24)5-3-18/h2-7,10-12,16,21H,8-9,13-15,25H2,1H3/t21-,23+/m1/s1. The number of nitrogen functional groups attached to an aromatic ring is 1. The minimum Gasteiger partial charge on any atom is -0.399 e. The molecule has 0 radical (unpaired) electrons. The lowest BCUT2D eigenvalue weighted by atomic mass is 10.0. The topological polar surface area (TPSA) is 62.3 Å². The second-order valence-electron chi connectivity index (χ2n) is 7.66. The summed E-state index contributed by atoms with van der Waals surface area (Å²) < 4.78 is 14.8. The van der Waals surface area contributed by atoms with Crippen molar-refractivity contribution in [1.29, 1.82) is 0 Å². The van der Waals surface area contributed by atoms with Gasteiger partial charge in [0, 0.05) is 40.2 Å². The molecule has 5 nitrogen and oxygen atoms in total. The number of imidazole rings is 1. The Balaban J connectivity index is 1.41. The largest absolute Gasteiger partial charge is 0.399 e. The molecule has 2 atom stereocenters. The lowest BCUT2D eigenvalue weighted by Crippen LogP contribution is -2.37. The zero-order chi connectivity index (χ0) is 21.0. The summed E-state index contributed by atoms with van der Waals surface area (Å²) in [6, 6.07) is 14.0. The van der Waals surface area contributed by atoms with Crippen LogP contribution in [0.4, 0.5) is 5.69 Å². The van der Waals surface area contributed by atoms with Crippen LogP contribution >= 0.6 is 23.4 Å². The van der Waals surface area contributed by atoms with Gasteiger partial charge < -0.3 is 19.8 Å². The molecule has 0 aliphatic carbocycles. The SMILES string of the molecule is Cc1cc(N)ccc1SC[C@H]1CO[C@](CCc2ccc(Cl)cc2)(Cn2ccnc2)O1. The predicted molar refractivity (Wildman–Crippen MR) is 122 cm³/mol. The molecule has 1 aliphatic rings. The van der Waals surface area contributed by atoms with Gasteiger partial charge in [0.1, 0.15) is 0 Å². The number of hydrogen-bond acceptors (Lipinski definition) is 5. The first-order valence-electron chi connectivity index (χ1n) is 10.0. The van der Waals surface area contributed by atoms with Crippen LogP contribution in [0.2, 0.25) is 5.02 Å². The molecule has 1 fully saturated rings. The van der Waals surface area contributed by atoms with Gasteiger partial charge in [0.2, 0.25) is 0 Å². The van der Waals surface area contributed by atoms with Crippen LogP contribution < -0.4 is 5.73 Å². The Hall–Kier alpha value is -1.99. The molecule has 0 spiro atoms. The zero-order valence-electron chi connectivity index (χ0n) is 17.0. The van der Waals surface area contributed by atoms with Crippen molar-refractivity contribution in [3.8, 4) is 0 Å². The number of rotatable bonds is 8. The Morgan fingerprint density at radius 2 is 2.10 bits per heavy atom. The van der Waals surface area contributed by atoms with E-state index in [1.54, 1.807) is 24.3 Å². The van der Waals surface area contributed by atoms with Crippen molar-refractivity contribution >= 4 is 29.1 Å². The molecule has 1 saturated heterocycles. The molecule has 158 valence electrons. The van der Waals surface area contributed by atoms with Crippen LogP contribution in [0, 0.1) is 6.92 Å². The first-order valence-corrected chi connectivity index (χ1v) is 11.4. The number of halogens is 1. The number of hydrogen-bond donors (Lipinski definition) is 1. The number of nitrogens with zero attached hydrogens (tertiary/aromatic N) is 2. The summed E-state index contributed by atoms with van der Waals surface area (Å²) in [7, 11) is 0. The Morgan fingerprint density at radius 3 is 2.83 bits per heavy atom. The van der Waals surface area contributed by atoms with Gasteiger partial charge in [0.15, 0.2) is 5.79 Å². The van der Waals surface area contributed by atoms with Crippen LogP contribution in [0.5, 0.6) is 0 Å². The van der Waals surface area contributed by atoms with Gasteiger partial charge in [-0.1, -0.05) is 23.7 Å². The van der Waals surface area contributed by atoms with Crippen molar-refractivity contribution in [2.75, 3.05) is 18.1 Å². The number of aromatic nitrogens is 2. The quantitative estimate of drug-likeness (QED) is 0.393. The van der Waals surface area contributed by atoms with Gasteiger partial charge >= 0.3 is 0 Å². The minimum absolute atomic E-state index is 0.0284. The van der Waals surface area contributed by atoms with Gasteiger partial charge in [-0.3, -0.25) is 0 Å². The van der Waals surface area contributed by atoms with Crippen molar-refractivity contribution < 1.29 is 9.47 Å². The molecule has 3 aromatic rings. The first kappa shape index (κ1) is 21.2. The first-order chi connectivity index (χ1) is 14.5. The summed E-state index contributed by atoms with van der Waals surface area (Å²) in [6.07, 6.45) is 7.16. The molecule has 30 heavy (non-hydrogen) atoms. The van der Waals surface area contributed by atoms with E-state index in [4.69, 9.17) is 26.8 Å². The summed E-state index contributed by atoms with van der Waals surface area (Å²) >= 11 is 7.80. The maximum Gasteiger partial charge on any atom is 0.187 e. The molecule has 0 saturated carbocycles. The van der Waals surface area contributed by atoms with E-state index in [1.807, 2.05) is 35.0 Å². The van der Waals surface area contributed by atoms with Gasteiger partial charge in [-0.15, -0.1) is 11.8 Å².